The van der Waals surface area contributed by atoms with Gasteiger partial charge in [0.25, 0.3) is 0 Å². The molecule has 3 heterocycles. The van der Waals surface area contributed by atoms with Crippen molar-refractivity contribution >= 4 is 11.3 Å². The molecule has 3 atom stereocenters. The molecule has 2 fully saturated rings. The first kappa shape index (κ1) is 13.5. The molecule has 0 amide bonds. The molecule has 1 spiro atoms. The number of ether oxygens (including phenoxy) is 2. The summed E-state index contributed by atoms with van der Waals surface area (Å²) in [4.78, 5) is 1.36. The van der Waals surface area contributed by atoms with Gasteiger partial charge in [-0.15, -0.1) is 11.3 Å². The van der Waals surface area contributed by atoms with E-state index in [-0.39, 0.29) is 11.6 Å². The summed E-state index contributed by atoms with van der Waals surface area (Å²) in [5.41, 5.74) is 4.31. The van der Waals surface area contributed by atoms with Crippen molar-refractivity contribution in [3.05, 3.63) is 21.9 Å². The number of aryl methyl sites for hydroxylation is 1. The summed E-state index contributed by atoms with van der Waals surface area (Å²) in [6.07, 6.45) is 3.12. The lowest BCUT2D eigenvalue weighted by molar-refractivity contribution is -0.103. The van der Waals surface area contributed by atoms with Gasteiger partial charge in [0.15, 0.2) is 0 Å². The fourth-order valence-electron chi connectivity index (χ4n) is 3.34. The van der Waals surface area contributed by atoms with Gasteiger partial charge < -0.3 is 9.47 Å². The minimum absolute atomic E-state index is 0.0524. The van der Waals surface area contributed by atoms with Gasteiger partial charge in [0.05, 0.1) is 18.2 Å². The third kappa shape index (κ3) is 2.58. The molecule has 2 aliphatic heterocycles. The van der Waals surface area contributed by atoms with Crippen molar-refractivity contribution in [3.8, 4) is 0 Å². The second-order valence-electron chi connectivity index (χ2n) is 5.70. The van der Waals surface area contributed by atoms with Crippen LogP contribution in [0.3, 0.4) is 0 Å². The van der Waals surface area contributed by atoms with Gasteiger partial charge in [0.2, 0.25) is 0 Å². The Morgan fingerprint density at radius 1 is 1.53 bits per heavy atom. The molecule has 2 saturated heterocycles. The highest BCUT2D eigenvalue weighted by Gasteiger charge is 2.43. The van der Waals surface area contributed by atoms with Crippen LogP contribution in [-0.2, 0) is 9.47 Å². The Hall–Kier alpha value is -0.460. The lowest BCUT2D eigenvalue weighted by Crippen LogP contribution is -2.45. The van der Waals surface area contributed by atoms with Crippen LogP contribution in [0.4, 0.5) is 0 Å². The van der Waals surface area contributed by atoms with E-state index in [9.17, 15) is 0 Å². The minimum Gasteiger partial charge on any atom is -0.378 e. The van der Waals surface area contributed by atoms with Gasteiger partial charge in [0, 0.05) is 24.5 Å². The van der Waals surface area contributed by atoms with E-state index in [2.05, 4.69) is 23.8 Å². The van der Waals surface area contributed by atoms with Crippen LogP contribution in [0, 0.1) is 12.8 Å². The highest BCUT2D eigenvalue weighted by molar-refractivity contribution is 7.10. The highest BCUT2D eigenvalue weighted by Crippen LogP contribution is 2.42. The monoisotopic (exact) mass is 282 g/mol. The first-order valence-corrected chi connectivity index (χ1v) is 7.84. The zero-order valence-electron chi connectivity index (χ0n) is 11.4. The third-order valence-corrected chi connectivity index (χ3v) is 5.54. The molecule has 19 heavy (non-hydrogen) atoms. The van der Waals surface area contributed by atoms with Crippen molar-refractivity contribution in [1.29, 1.82) is 0 Å². The van der Waals surface area contributed by atoms with Crippen molar-refractivity contribution in [2.45, 2.75) is 37.8 Å². The average molecular weight is 282 g/mol. The first-order valence-electron chi connectivity index (χ1n) is 6.96. The van der Waals surface area contributed by atoms with Gasteiger partial charge in [-0.3, -0.25) is 11.3 Å². The molecule has 1 aromatic rings. The molecular formula is C14H22N2O2S. The average Bonchev–Trinajstić information content (AvgIpc) is 3.02. The lowest BCUT2D eigenvalue weighted by atomic mass is 9.80. The Labute approximate surface area is 118 Å². The van der Waals surface area contributed by atoms with Crippen LogP contribution in [0.5, 0.6) is 0 Å². The Balaban J connectivity index is 1.78. The molecule has 0 saturated carbocycles. The standard InChI is InChI=1S/C14H22N2O2S/c1-10-3-7-19-13(10)12(16-15)11-2-5-18-14(8-11)4-6-17-9-14/h3,7,11-12,16H,2,4-6,8-9,15H2,1H3. The summed E-state index contributed by atoms with van der Waals surface area (Å²) >= 11 is 1.79. The van der Waals surface area contributed by atoms with Gasteiger partial charge in [-0.25, -0.2) is 0 Å². The Morgan fingerprint density at radius 3 is 3.05 bits per heavy atom. The molecule has 2 aliphatic rings. The van der Waals surface area contributed by atoms with Gasteiger partial charge in [-0.05, 0) is 42.7 Å². The molecule has 0 aromatic carbocycles. The Bertz CT molecular complexity index is 429. The van der Waals surface area contributed by atoms with E-state index in [0.29, 0.717) is 5.92 Å². The number of rotatable bonds is 3. The van der Waals surface area contributed by atoms with Crippen LogP contribution in [0.25, 0.3) is 0 Å². The number of hydrogen-bond donors (Lipinski definition) is 2. The number of nitrogens with one attached hydrogen (secondary N) is 1. The molecule has 0 bridgehead atoms. The maximum atomic E-state index is 6.01. The summed E-state index contributed by atoms with van der Waals surface area (Å²) in [6.45, 7) is 4.54. The van der Waals surface area contributed by atoms with Gasteiger partial charge in [-0.1, -0.05) is 0 Å². The zero-order chi connectivity index (χ0) is 13.3. The van der Waals surface area contributed by atoms with Crippen LogP contribution in [-0.4, -0.2) is 25.4 Å². The largest absolute Gasteiger partial charge is 0.378 e. The van der Waals surface area contributed by atoms with E-state index in [0.717, 1.165) is 39.1 Å². The van der Waals surface area contributed by atoms with Crippen molar-refractivity contribution in [2.24, 2.45) is 11.8 Å². The number of hydrazine groups is 1. The molecule has 0 radical (unpaired) electrons. The maximum absolute atomic E-state index is 6.01. The van der Waals surface area contributed by atoms with Crippen molar-refractivity contribution in [1.82, 2.24) is 5.43 Å². The second-order valence-corrected chi connectivity index (χ2v) is 6.65. The number of hydrogen-bond acceptors (Lipinski definition) is 5. The topological polar surface area (TPSA) is 56.5 Å². The molecule has 3 N–H and O–H groups in total. The van der Waals surface area contributed by atoms with E-state index in [4.69, 9.17) is 15.3 Å². The molecule has 106 valence electrons. The van der Waals surface area contributed by atoms with Crippen LogP contribution in [0.2, 0.25) is 0 Å². The van der Waals surface area contributed by atoms with E-state index < -0.39 is 0 Å². The smallest absolute Gasteiger partial charge is 0.0940 e. The molecule has 1 aromatic heterocycles. The number of nitrogens with two attached hydrogens (primary N) is 1. The Kier molecular flexibility index (Phi) is 3.91. The third-order valence-electron chi connectivity index (χ3n) is 4.43. The molecule has 5 heteroatoms. The summed E-state index contributed by atoms with van der Waals surface area (Å²) in [6, 6.07) is 2.40. The normalized spacial score (nSPS) is 32.8. The second kappa shape index (κ2) is 5.50. The van der Waals surface area contributed by atoms with Crippen LogP contribution < -0.4 is 11.3 Å². The van der Waals surface area contributed by atoms with Gasteiger partial charge in [-0.2, -0.15) is 0 Å². The summed E-state index contributed by atoms with van der Waals surface area (Å²) in [7, 11) is 0. The van der Waals surface area contributed by atoms with E-state index in [1.807, 2.05) is 0 Å². The SMILES string of the molecule is Cc1ccsc1C(NN)C1CCOC2(CCOC2)C1. The minimum atomic E-state index is -0.0524. The van der Waals surface area contributed by atoms with E-state index in [1.54, 1.807) is 11.3 Å². The van der Waals surface area contributed by atoms with Crippen LogP contribution in [0.1, 0.15) is 35.7 Å². The first-order chi connectivity index (χ1) is 9.24. The maximum Gasteiger partial charge on any atom is 0.0940 e. The predicted octanol–water partition coefficient (Wildman–Crippen LogP) is 2.15. The van der Waals surface area contributed by atoms with Gasteiger partial charge >= 0.3 is 0 Å². The highest BCUT2D eigenvalue weighted by atomic mass is 32.1. The van der Waals surface area contributed by atoms with E-state index in [1.165, 1.54) is 10.4 Å². The van der Waals surface area contributed by atoms with Crippen molar-refractivity contribution < 1.29 is 9.47 Å². The number of thiophene rings is 1. The Morgan fingerprint density at radius 2 is 2.42 bits per heavy atom. The molecule has 3 unspecified atom stereocenters. The quantitative estimate of drug-likeness (QED) is 0.659. The van der Waals surface area contributed by atoms with E-state index >= 15 is 0 Å². The summed E-state index contributed by atoms with van der Waals surface area (Å²) < 4.78 is 11.5. The molecule has 0 aliphatic carbocycles. The van der Waals surface area contributed by atoms with Gasteiger partial charge in [0.1, 0.15) is 0 Å². The molecular weight excluding hydrogens is 260 g/mol. The summed E-state index contributed by atoms with van der Waals surface area (Å²) in [5, 5.41) is 2.14. The fraction of sp³-hybridized carbons (Fsp3) is 0.714. The lowest BCUT2D eigenvalue weighted by Gasteiger charge is -2.40. The predicted molar refractivity (Wildman–Crippen MR) is 76.0 cm³/mol. The fourth-order valence-corrected chi connectivity index (χ4v) is 4.42. The van der Waals surface area contributed by atoms with Crippen LogP contribution in [0.15, 0.2) is 11.4 Å². The zero-order valence-corrected chi connectivity index (χ0v) is 12.2. The van der Waals surface area contributed by atoms with Crippen molar-refractivity contribution in [2.75, 3.05) is 19.8 Å². The van der Waals surface area contributed by atoms with Crippen molar-refractivity contribution in [3.63, 3.8) is 0 Å². The summed E-state index contributed by atoms with van der Waals surface area (Å²) in [5.74, 6) is 6.36. The molecule has 3 rings (SSSR count). The van der Waals surface area contributed by atoms with Crippen LogP contribution >= 0.6 is 11.3 Å². The molecule has 4 nitrogen and oxygen atoms in total.